The molecule has 0 saturated heterocycles. The fourth-order valence-electron chi connectivity index (χ4n) is 1.49. The Balaban J connectivity index is 2.28. The van der Waals surface area contributed by atoms with E-state index < -0.39 is 0 Å². The van der Waals surface area contributed by atoms with Crippen LogP contribution in [0.1, 0.15) is 33.4 Å². The van der Waals surface area contributed by atoms with Crippen molar-refractivity contribution in [3.8, 4) is 5.88 Å². The molecule has 0 spiro atoms. The van der Waals surface area contributed by atoms with Gasteiger partial charge in [-0.3, -0.25) is 5.10 Å². The third-order valence-electron chi connectivity index (χ3n) is 2.45. The zero-order chi connectivity index (χ0) is 12.9. The van der Waals surface area contributed by atoms with Crippen LogP contribution in [-0.4, -0.2) is 29.9 Å². The maximum atomic E-state index is 5.67. The number of hydrogen-bond donors (Lipinski definition) is 2. The van der Waals surface area contributed by atoms with Crippen molar-refractivity contribution in [3.63, 3.8) is 0 Å². The smallest absolute Gasteiger partial charge is 0.232 e. The fourth-order valence-corrected chi connectivity index (χ4v) is 1.49. The molecule has 0 fully saturated rings. The molecule has 17 heavy (non-hydrogen) atoms. The van der Waals surface area contributed by atoms with Gasteiger partial charge in [-0.15, -0.1) is 5.10 Å². The Morgan fingerprint density at radius 2 is 2.18 bits per heavy atom. The van der Waals surface area contributed by atoms with Gasteiger partial charge in [-0.2, -0.15) is 0 Å². The number of aromatic amines is 1. The van der Waals surface area contributed by atoms with E-state index in [2.05, 4.69) is 43.2 Å². The summed E-state index contributed by atoms with van der Waals surface area (Å²) in [4.78, 5) is 0. The number of rotatable bonds is 7. The Hall–Kier alpha value is -1.03. The molecule has 4 heteroatoms. The van der Waals surface area contributed by atoms with Crippen molar-refractivity contribution in [3.05, 3.63) is 11.8 Å². The highest BCUT2D eigenvalue weighted by Gasteiger charge is 2.19. The molecule has 0 amide bonds. The Morgan fingerprint density at radius 1 is 1.47 bits per heavy atom. The number of nitrogens with zero attached hydrogens (tertiary/aromatic N) is 1. The summed E-state index contributed by atoms with van der Waals surface area (Å²) in [7, 11) is 0. The van der Waals surface area contributed by atoms with Crippen molar-refractivity contribution in [2.45, 2.75) is 34.6 Å². The fraction of sp³-hybridized carbons (Fsp3) is 0.769. The molecular formula is C13H25N3O. The third-order valence-corrected chi connectivity index (χ3v) is 2.45. The first-order chi connectivity index (χ1) is 7.89. The minimum atomic E-state index is 0.113. The number of hydrogen-bond acceptors (Lipinski definition) is 3. The molecule has 1 aromatic heterocycles. The molecular weight excluding hydrogens is 214 g/mol. The molecule has 98 valence electrons. The number of ether oxygens (including phenoxy) is 1. The van der Waals surface area contributed by atoms with Crippen LogP contribution in [0.15, 0.2) is 6.07 Å². The lowest BCUT2D eigenvalue weighted by atomic mass is 9.94. The van der Waals surface area contributed by atoms with Crippen LogP contribution in [0.25, 0.3) is 0 Å². The van der Waals surface area contributed by atoms with Crippen molar-refractivity contribution in [2.75, 3.05) is 19.7 Å². The SMILES string of the molecule is Cc1cc(OCC(C)(C)CNCC(C)C)n[nH]1. The van der Waals surface area contributed by atoms with Crippen molar-refractivity contribution < 1.29 is 4.74 Å². The van der Waals surface area contributed by atoms with E-state index in [-0.39, 0.29) is 5.41 Å². The number of aryl methyl sites for hydroxylation is 1. The lowest BCUT2D eigenvalue weighted by molar-refractivity contribution is 0.170. The minimum absolute atomic E-state index is 0.113. The largest absolute Gasteiger partial charge is 0.476 e. The molecule has 1 rings (SSSR count). The van der Waals surface area contributed by atoms with Gasteiger partial charge in [0.05, 0.1) is 6.61 Å². The molecule has 4 nitrogen and oxygen atoms in total. The van der Waals surface area contributed by atoms with E-state index in [0.29, 0.717) is 18.4 Å². The summed E-state index contributed by atoms with van der Waals surface area (Å²) in [5.41, 5.74) is 1.14. The van der Waals surface area contributed by atoms with Gasteiger partial charge in [-0.25, -0.2) is 0 Å². The Kier molecular flexibility index (Phi) is 5.00. The van der Waals surface area contributed by atoms with Crippen LogP contribution in [0.2, 0.25) is 0 Å². The molecule has 0 unspecified atom stereocenters. The Labute approximate surface area is 104 Å². The number of aromatic nitrogens is 2. The lowest BCUT2D eigenvalue weighted by Crippen LogP contribution is -2.35. The number of nitrogens with one attached hydrogen (secondary N) is 2. The highest BCUT2D eigenvalue weighted by atomic mass is 16.5. The van der Waals surface area contributed by atoms with Gasteiger partial charge >= 0.3 is 0 Å². The van der Waals surface area contributed by atoms with Gasteiger partial charge in [0.1, 0.15) is 0 Å². The summed E-state index contributed by atoms with van der Waals surface area (Å²) in [5, 5.41) is 10.4. The molecule has 0 radical (unpaired) electrons. The molecule has 0 saturated carbocycles. The van der Waals surface area contributed by atoms with Crippen LogP contribution in [0.4, 0.5) is 0 Å². The van der Waals surface area contributed by atoms with Crippen LogP contribution >= 0.6 is 0 Å². The average molecular weight is 239 g/mol. The maximum Gasteiger partial charge on any atom is 0.232 e. The first-order valence-corrected chi connectivity index (χ1v) is 6.24. The number of H-pyrrole nitrogens is 1. The highest BCUT2D eigenvalue weighted by molar-refractivity contribution is 5.12. The average Bonchev–Trinajstić information content (AvgIpc) is 2.61. The quantitative estimate of drug-likeness (QED) is 0.768. The molecule has 0 aliphatic heterocycles. The van der Waals surface area contributed by atoms with Crippen molar-refractivity contribution in [1.29, 1.82) is 0 Å². The summed E-state index contributed by atoms with van der Waals surface area (Å²) in [5.74, 6) is 1.36. The summed E-state index contributed by atoms with van der Waals surface area (Å²) in [6, 6.07) is 1.91. The van der Waals surface area contributed by atoms with E-state index in [1.54, 1.807) is 0 Å². The van der Waals surface area contributed by atoms with Gasteiger partial charge in [0.2, 0.25) is 5.88 Å². The summed E-state index contributed by atoms with van der Waals surface area (Å²) in [6.07, 6.45) is 0. The van der Waals surface area contributed by atoms with E-state index in [9.17, 15) is 0 Å². The van der Waals surface area contributed by atoms with Crippen LogP contribution in [-0.2, 0) is 0 Å². The predicted molar refractivity (Wildman–Crippen MR) is 70.3 cm³/mol. The summed E-state index contributed by atoms with van der Waals surface area (Å²) in [6.45, 7) is 13.4. The summed E-state index contributed by atoms with van der Waals surface area (Å²) < 4.78 is 5.67. The molecule has 0 atom stereocenters. The molecule has 1 heterocycles. The van der Waals surface area contributed by atoms with Crippen LogP contribution < -0.4 is 10.1 Å². The van der Waals surface area contributed by atoms with Gasteiger partial charge in [0, 0.05) is 23.7 Å². The first kappa shape index (κ1) is 14.0. The van der Waals surface area contributed by atoms with Gasteiger partial charge < -0.3 is 10.1 Å². The molecule has 2 N–H and O–H groups in total. The minimum Gasteiger partial charge on any atom is -0.476 e. The maximum absolute atomic E-state index is 5.67. The highest BCUT2D eigenvalue weighted by Crippen LogP contribution is 2.16. The molecule has 0 aliphatic carbocycles. The van der Waals surface area contributed by atoms with E-state index in [1.807, 2.05) is 13.0 Å². The molecule has 0 aromatic carbocycles. The van der Waals surface area contributed by atoms with Gasteiger partial charge in [0.25, 0.3) is 0 Å². The zero-order valence-corrected chi connectivity index (χ0v) is 11.6. The van der Waals surface area contributed by atoms with Crippen LogP contribution in [0.3, 0.4) is 0 Å². The Bertz CT molecular complexity index is 331. The van der Waals surface area contributed by atoms with E-state index >= 15 is 0 Å². The van der Waals surface area contributed by atoms with Crippen molar-refractivity contribution in [1.82, 2.24) is 15.5 Å². The normalized spacial score (nSPS) is 12.1. The lowest BCUT2D eigenvalue weighted by Gasteiger charge is -2.25. The monoisotopic (exact) mass is 239 g/mol. The van der Waals surface area contributed by atoms with E-state index in [1.165, 1.54) is 0 Å². The predicted octanol–water partition coefficient (Wildman–Crippen LogP) is 2.37. The van der Waals surface area contributed by atoms with Crippen molar-refractivity contribution in [2.24, 2.45) is 11.3 Å². The topological polar surface area (TPSA) is 49.9 Å². The van der Waals surface area contributed by atoms with Gasteiger partial charge in [-0.05, 0) is 19.4 Å². The van der Waals surface area contributed by atoms with E-state index in [4.69, 9.17) is 4.74 Å². The third kappa shape index (κ3) is 5.73. The standard InChI is InChI=1S/C13H25N3O/c1-10(2)7-14-8-13(4,5)9-17-12-6-11(3)15-16-12/h6,10,14H,7-9H2,1-5H3,(H,15,16). The molecule has 0 aliphatic rings. The second kappa shape index (κ2) is 6.05. The Morgan fingerprint density at radius 3 is 2.71 bits per heavy atom. The summed E-state index contributed by atoms with van der Waals surface area (Å²) >= 11 is 0. The van der Waals surface area contributed by atoms with Crippen molar-refractivity contribution >= 4 is 0 Å². The second-order valence-corrected chi connectivity index (χ2v) is 5.87. The second-order valence-electron chi connectivity index (χ2n) is 5.87. The van der Waals surface area contributed by atoms with Crippen LogP contribution in [0, 0.1) is 18.3 Å². The first-order valence-electron chi connectivity index (χ1n) is 6.24. The van der Waals surface area contributed by atoms with Gasteiger partial charge in [0.15, 0.2) is 0 Å². The van der Waals surface area contributed by atoms with Gasteiger partial charge in [-0.1, -0.05) is 27.7 Å². The van der Waals surface area contributed by atoms with Crippen LogP contribution in [0.5, 0.6) is 5.88 Å². The zero-order valence-electron chi connectivity index (χ0n) is 11.6. The molecule has 0 bridgehead atoms. The van der Waals surface area contributed by atoms with E-state index in [0.717, 1.165) is 18.8 Å². The molecule has 1 aromatic rings.